The minimum Gasteiger partial charge on any atom is -0.464 e. The van der Waals surface area contributed by atoms with E-state index in [9.17, 15) is 4.79 Å². The number of carbonyl (C=O) groups is 1. The molecule has 4 nitrogen and oxygen atoms in total. The Hall–Kier alpha value is -1.42. The van der Waals surface area contributed by atoms with Gasteiger partial charge in [0.1, 0.15) is 5.69 Å². The molecule has 0 amide bonds. The second kappa shape index (κ2) is 5.46. The molecule has 1 aromatic heterocycles. The zero-order valence-electron chi connectivity index (χ0n) is 9.19. The molecule has 1 rings (SSSR count). The third kappa shape index (κ3) is 3.67. The van der Waals surface area contributed by atoms with E-state index in [1.54, 1.807) is 12.3 Å². The smallest absolute Gasteiger partial charge is 0.356 e. The number of methoxy groups -OCH3 is 1. The summed E-state index contributed by atoms with van der Waals surface area (Å²) in [5, 5.41) is 0. The lowest BCUT2D eigenvalue weighted by atomic mass is 10.2. The van der Waals surface area contributed by atoms with Gasteiger partial charge in [-0.2, -0.15) is 0 Å². The molecule has 0 saturated heterocycles. The number of esters is 1. The van der Waals surface area contributed by atoms with Gasteiger partial charge in [0.25, 0.3) is 0 Å². The minimum absolute atomic E-state index is 0.185. The van der Waals surface area contributed by atoms with Gasteiger partial charge in [-0.05, 0) is 25.5 Å². The molecule has 0 aliphatic heterocycles. The molecule has 0 fully saturated rings. The SMILES string of the molecule is COC(=O)c1ccc(COC(C)C)cn1. The van der Waals surface area contributed by atoms with Crippen LogP contribution in [0, 0.1) is 0 Å². The summed E-state index contributed by atoms with van der Waals surface area (Å²) in [7, 11) is 1.33. The van der Waals surface area contributed by atoms with Crippen LogP contribution in [-0.4, -0.2) is 24.2 Å². The minimum atomic E-state index is -0.425. The maximum absolute atomic E-state index is 11.1. The molecule has 0 aliphatic rings. The summed E-state index contributed by atoms with van der Waals surface area (Å²) in [6.07, 6.45) is 1.81. The summed E-state index contributed by atoms with van der Waals surface area (Å²) in [5.41, 5.74) is 1.25. The quantitative estimate of drug-likeness (QED) is 0.709. The van der Waals surface area contributed by atoms with E-state index in [0.29, 0.717) is 12.3 Å². The second-order valence-electron chi connectivity index (χ2n) is 3.40. The third-order valence-corrected chi connectivity index (χ3v) is 1.80. The third-order valence-electron chi connectivity index (χ3n) is 1.80. The van der Waals surface area contributed by atoms with Crippen LogP contribution in [0.15, 0.2) is 18.3 Å². The first-order valence-corrected chi connectivity index (χ1v) is 4.78. The first-order chi connectivity index (χ1) is 7.13. The number of ether oxygens (including phenoxy) is 2. The number of nitrogens with zero attached hydrogens (tertiary/aromatic N) is 1. The van der Waals surface area contributed by atoms with Crippen molar-refractivity contribution >= 4 is 5.97 Å². The molecule has 1 heterocycles. The Kier molecular flexibility index (Phi) is 4.24. The van der Waals surface area contributed by atoms with Gasteiger partial charge in [-0.1, -0.05) is 6.07 Å². The average Bonchev–Trinajstić information content (AvgIpc) is 2.26. The zero-order chi connectivity index (χ0) is 11.3. The summed E-state index contributed by atoms with van der Waals surface area (Å²) in [4.78, 5) is 15.0. The number of hydrogen-bond acceptors (Lipinski definition) is 4. The number of aromatic nitrogens is 1. The maximum atomic E-state index is 11.1. The van der Waals surface area contributed by atoms with Crippen LogP contribution in [0.4, 0.5) is 0 Å². The Labute approximate surface area is 89.2 Å². The molecule has 0 bridgehead atoms. The molecule has 15 heavy (non-hydrogen) atoms. The maximum Gasteiger partial charge on any atom is 0.356 e. The molecular formula is C11H15NO3. The molecule has 0 aromatic carbocycles. The van der Waals surface area contributed by atoms with Crippen molar-refractivity contribution in [1.82, 2.24) is 4.98 Å². The van der Waals surface area contributed by atoms with Crippen LogP contribution in [0.2, 0.25) is 0 Å². The van der Waals surface area contributed by atoms with Gasteiger partial charge in [0, 0.05) is 6.20 Å². The van der Waals surface area contributed by atoms with Gasteiger partial charge >= 0.3 is 5.97 Å². The van der Waals surface area contributed by atoms with E-state index in [1.807, 2.05) is 19.9 Å². The summed E-state index contributed by atoms with van der Waals surface area (Å²) >= 11 is 0. The van der Waals surface area contributed by atoms with Crippen LogP contribution in [0.1, 0.15) is 29.9 Å². The van der Waals surface area contributed by atoms with E-state index in [-0.39, 0.29) is 6.10 Å². The molecule has 0 spiro atoms. The molecule has 1 aromatic rings. The Bertz CT molecular complexity index is 319. The predicted octanol–water partition coefficient (Wildman–Crippen LogP) is 1.79. The van der Waals surface area contributed by atoms with Crippen molar-refractivity contribution in [3.05, 3.63) is 29.6 Å². The van der Waals surface area contributed by atoms with Crippen molar-refractivity contribution in [3.63, 3.8) is 0 Å². The van der Waals surface area contributed by atoms with Gasteiger partial charge in [0.2, 0.25) is 0 Å². The Morgan fingerprint density at radius 2 is 2.20 bits per heavy atom. The zero-order valence-corrected chi connectivity index (χ0v) is 9.19. The number of rotatable bonds is 4. The van der Waals surface area contributed by atoms with Gasteiger partial charge in [-0.15, -0.1) is 0 Å². The highest BCUT2D eigenvalue weighted by Crippen LogP contribution is 2.04. The second-order valence-corrected chi connectivity index (χ2v) is 3.40. The highest BCUT2D eigenvalue weighted by atomic mass is 16.5. The Balaban J connectivity index is 2.60. The van der Waals surface area contributed by atoms with Crippen molar-refractivity contribution in [2.75, 3.05) is 7.11 Å². The fraction of sp³-hybridized carbons (Fsp3) is 0.455. The summed E-state index contributed by atoms with van der Waals surface area (Å²) < 4.78 is 9.94. The molecule has 0 atom stereocenters. The fourth-order valence-electron chi connectivity index (χ4n) is 0.998. The highest BCUT2D eigenvalue weighted by molar-refractivity contribution is 5.86. The van der Waals surface area contributed by atoms with Gasteiger partial charge in [0.05, 0.1) is 19.8 Å². The monoisotopic (exact) mass is 209 g/mol. The lowest BCUT2D eigenvalue weighted by Gasteiger charge is -2.07. The van der Waals surface area contributed by atoms with Crippen molar-refractivity contribution in [2.24, 2.45) is 0 Å². The molecule has 0 radical (unpaired) electrons. The number of carbonyl (C=O) groups excluding carboxylic acids is 1. The van der Waals surface area contributed by atoms with Crippen LogP contribution in [0.3, 0.4) is 0 Å². The van der Waals surface area contributed by atoms with Gasteiger partial charge < -0.3 is 9.47 Å². The lowest BCUT2D eigenvalue weighted by molar-refractivity contribution is 0.0590. The van der Waals surface area contributed by atoms with Gasteiger partial charge in [-0.25, -0.2) is 9.78 Å². The van der Waals surface area contributed by atoms with Crippen molar-refractivity contribution in [1.29, 1.82) is 0 Å². The lowest BCUT2D eigenvalue weighted by Crippen LogP contribution is -2.06. The van der Waals surface area contributed by atoms with Crippen LogP contribution in [-0.2, 0) is 16.1 Å². The largest absolute Gasteiger partial charge is 0.464 e. The topological polar surface area (TPSA) is 48.4 Å². The molecular weight excluding hydrogens is 194 g/mol. The van der Waals surface area contributed by atoms with E-state index in [1.165, 1.54) is 7.11 Å². The van der Waals surface area contributed by atoms with Crippen molar-refractivity contribution in [2.45, 2.75) is 26.6 Å². The van der Waals surface area contributed by atoms with E-state index < -0.39 is 5.97 Å². The highest BCUT2D eigenvalue weighted by Gasteiger charge is 2.06. The Morgan fingerprint density at radius 3 is 2.67 bits per heavy atom. The normalized spacial score (nSPS) is 10.4. The van der Waals surface area contributed by atoms with Crippen LogP contribution < -0.4 is 0 Å². The first kappa shape index (κ1) is 11.7. The number of pyridine rings is 1. The molecule has 0 unspecified atom stereocenters. The van der Waals surface area contributed by atoms with Gasteiger partial charge in [-0.3, -0.25) is 0 Å². The predicted molar refractivity (Wildman–Crippen MR) is 55.5 cm³/mol. The summed E-state index contributed by atoms with van der Waals surface area (Å²) in [6, 6.07) is 3.44. The molecule has 0 aliphatic carbocycles. The summed E-state index contributed by atoms with van der Waals surface area (Å²) in [6.45, 7) is 4.44. The van der Waals surface area contributed by atoms with E-state index in [4.69, 9.17) is 4.74 Å². The molecule has 82 valence electrons. The number of hydrogen-bond donors (Lipinski definition) is 0. The van der Waals surface area contributed by atoms with E-state index in [2.05, 4.69) is 9.72 Å². The fourth-order valence-corrected chi connectivity index (χ4v) is 0.998. The van der Waals surface area contributed by atoms with Crippen LogP contribution in [0.5, 0.6) is 0 Å². The molecule has 4 heteroatoms. The van der Waals surface area contributed by atoms with Crippen LogP contribution >= 0.6 is 0 Å². The Morgan fingerprint density at radius 1 is 1.47 bits per heavy atom. The molecule has 0 saturated carbocycles. The van der Waals surface area contributed by atoms with Crippen LogP contribution in [0.25, 0.3) is 0 Å². The summed E-state index contributed by atoms with van der Waals surface area (Å²) in [5.74, 6) is -0.425. The van der Waals surface area contributed by atoms with E-state index in [0.717, 1.165) is 5.56 Å². The standard InChI is InChI=1S/C11H15NO3/c1-8(2)15-7-9-4-5-10(12-6-9)11(13)14-3/h4-6,8H,7H2,1-3H3. The van der Waals surface area contributed by atoms with E-state index >= 15 is 0 Å². The van der Waals surface area contributed by atoms with Crippen molar-refractivity contribution < 1.29 is 14.3 Å². The first-order valence-electron chi connectivity index (χ1n) is 4.78. The van der Waals surface area contributed by atoms with Gasteiger partial charge in [0.15, 0.2) is 0 Å². The van der Waals surface area contributed by atoms with Crippen molar-refractivity contribution in [3.8, 4) is 0 Å². The molecule has 0 N–H and O–H groups in total. The average molecular weight is 209 g/mol.